The van der Waals surface area contributed by atoms with Crippen LogP contribution in [-0.4, -0.2) is 67.3 Å². The van der Waals surface area contributed by atoms with Crippen LogP contribution in [0.3, 0.4) is 0 Å². The summed E-state index contributed by atoms with van der Waals surface area (Å²) in [7, 11) is -10.3. The highest BCUT2D eigenvalue weighted by Crippen LogP contribution is 2.37. The Morgan fingerprint density at radius 2 is 0.986 bits per heavy atom. The van der Waals surface area contributed by atoms with Crippen molar-refractivity contribution in [2.24, 2.45) is 0 Å². The van der Waals surface area contributed by atoms with E-state index in [1.54, 1.807) is 0 Å². The molecule has 0 radical (unpaired) electrons. The molecule has 0 aliphatic rings. The van der Waals surface area contributed by atoms with Gasteiger partial charge in [0.05, 0.1) is 73.9 Å². The first-order valence-corrected chi connectivity index (χ1v) is 24.9. The lowest BCUT2D eigenvalue weighted by Crippen LogP contribution is -2.18. The van der Waals surface area contributed by atoms with Crippen LogP contribution in [0.5, 0.6) is 11.5 Å². The number of ether oxygens (including phenoxy) is 2. The maximum atomic E-state index is 13.4. The summed E-state index contributed by atoms with van der Waals surface area (Å²) in [6, 6.07) is 15.3. The van der Waals surface area contributed by atoms with Gasteiger partial charge in [0, 0.05) is 23.8 Å². The zero-order valence-corrected chi connectivity index (χ0v) is 40.5. The predicted octanol–water partition coefficient (Wildman–Crippen LogP) is 9.16. The van der Waals surface area contributed by atoms with Crippen molar-refractivity contribution < 1.29 is 70.7 Å². The number of aryl methyl sites for hydroxylation is 2. The number of carbonyl (C=O) groups excluding carboxylic acids is 2. The van der Waals surface area contributed by atoms with Crippen molar-refractivity contribution in [2.45, 2.75) is 36.0 Å². The van der Waals surface area contributed by atoms with E-state index in [1.165, 1.54) is 58.4 Å². The summed E-state index contributed by atoms with van der Waals surface area (Å²) in [4.78, 5) is 33.0. The second kappa shape index (κ2) is 20.7. The second-order valence-corrected chi connectivity index (χ2v) is 20.7. The molecule has 6 rings (SSSR count). The molecule has 5 N–H and O–H groups in total. The van der Waals surface area contributed by atoms with Crippen LogP contribution < -0.4 is 29.4 Å². The van der Waals surface area contributed by atoms with Gasteiger partial charge in [0.1, 0.15) is 22.9 Å². The smallest absolute Gasteiger partial charge is 0.416 e. The summed E-state index contributed by atoms with van der Waals surface area (Å²) in [5, 5.41) is -0.0859. The summed E-state index contributed by atoms with van der Waals surface area (Å²) in [5.41, 5.74) is 1.70. The number of nitrogens with one attached hydrogen (secondary N) is 3. The van der Waals surface area contributed by atoms with Gasteiger partial charge in [-0.25, -0.2) is 35.2 Å². The Morgan fingerprint density at radius 3 is 1.37 bits per heavy atom. The molecule has 70 heavy (non-hydrogen) atoms. The van der Waals surface area contributed by atoms with Gasteiger partial charge in [0.15, 0.2) is 0 Å². The van der Waals surface area contributed by atoms with Crippen molar-refractivity contribution in [3.8, 4) is 11.5 Å². The van der Waals surface area contributed by atoms with Crippen LogP contribution in [0, 0.1) is 13.8 Å². The first-order valence-electron chi connectivity index (χ1n) is 19.3. The Labute approximate surface area is 406 Å². The summed E-state index contributed by atoms with van der Waals surface area (Å²) >= 11 is 11.9. The number of sulfonamides is 3. The zero-order valence-electron chi connectivity index (χ0n) is 36.5. The van der Waals surface area contributed by atoms with Gasteiger partial charge in [0.25, 0.3) is 20.0 Å². The number of ketones is 2. The van der Waals surface area contributed by atoms with Crippen LogP contribution in [-0.2, 0) is 42.4 Å². The number of hydrogen-bond acceptors (Lipinski definition) is 13. The minimum atomic E-state index is -4.80. The van der Waals surface area contributed by atoms with E-state index in [0.717, 1.165) is 61.1 Å². The molecule has 27 heteroatoms. The maximum Gasteiger partial charge on any atom is 0.416 e. The molecule has 16 nitrogen and oxygen atoms in total. The predicted molar refractivity (Wildman–Crippen MR) is 248 cm³/mol. The summed E-state index contributed by atoms with van der Waals surface area (Å²) in [5.74, 6) is -1.45. The lowest BCUT2D eigenvalue weighted by Gasteiger charge is -2.16. The number of pyridine rings is 2. The Kier molecular flexibility index (Phi) is 16.1. The molecule has 0 aliphatic heterocycles. The number of hydrogen-bond donors (Lipinski definition) is 4. The largest absolute Gasteiger partial charge is 0.496 e. The van der Waals surface area contributed by atoms with Crippen LogP contribution in [0.4, 0.5) is 49.1 Å². The zero-order chi connectivity index (χ0) is 52.3. The molecule has 6 aromatic rings. The highest BCUT2D eigenvalue weighted by Gasteiger charge is 2.35. The molecule has 372 valence electrons. The first-order chi connectivity index (χ1) is 32.3. The highest BCUT2D eigenvalue weighted by molar-refractivity contribution is 7.93. The number of alkyl halides is 6. The molecule has 0 bridgehead atoms. The molecule has 0 unspecified atom stereocenters. The quantitative estimate of drug-likeness (QED) is 0.0452. The molecule has 0 amide bonds. The monoisotopic (exact) mass is 1080 g/mol. The fourth-order valence-corrected chi connectivity index (χ4v) is 9.31. The molecule has 0 saturated heterocycles. The van der Waals surface area contributed by atoms with Gasteiger partial charge in [-0.2, -0.15) is 26.3 Å². The van der Waals surface area contributed by atoms with E-state index in [9.17, 15) is 61.2 Å². The fraction of sp³-hybridized carbons (Fsp3) is 0.163. The molecule has 2 heterocycles. The molecule has 0 atom stereocenters. The molecule has 0 aliphatic carbocycles. The number of nitrogens with zero attached hydrogens (tertiary/aromatic N) is 2. The van der Waals surface area contributed by atoms with E-state index in [1.807, 2.05) is 0 Å². The molecular formula is C43H36Cl2F6N6O10S3. The number of anilines is 4. The van der Waals surface area contributed by atoms with Gasteiger partial charge >= 0.3 is 12.4 Å². The Morgan fingerprint density at radius 1 is 0.586 bits per heavy atom. The number of aromatic nitrogens is 2. The van der Waals surface area contributed by atoms with Gasteiger partial charge in [-0.1, -0.05) is 35.3 Å². The Balaban J connectivity index is 0.000000262. The molecule has 4 aromatic carbocycles. The third-order valence-corrected chi connectivity index (χ3v) is 13.2. The number of nitrogen functional groups attached to an aromatic ring is 1. The van der Waals surface area contributed by atoms with Crippen LogP contribution in [0.2, 0.25) is 10.0 Å². The number of nitrogens with two attached hydrogens (primary N) is 1. The molecule has 0 fully saturated rings. The standard InChI is InChI=1S/C22H19ClF3N3O6S2.C21H17ClF3N3O4S/c1-12-4-6-15(10-17(12)22(24,25)26)37(33,34)29-18-8-13(23)11-27-20(18)21(30)16-9-14(28-36(3,31)32)5-7-19(16)35-2;1-11-3-5-14(9-16(11)21(23,24)25)33(30,31)28-17-7-12(22)10-27-19(17)20(29)15-8-13(26)4-6-18(15)32-2/h4-11,28-29H,1-3H3;3-10,28H,26H2,1-2H3. The van der Waals surface area contributed by atoms with Gasteiger partial charge in [-0.3, -0.25) is 23.8 Å². The van der Waals surface area contributed by atoms with Gasteiger partial charge in [-0.05, 0) is 97.8 Å². The molecular weight excluding hydrogens is 1040 g/mol. The minimum Gasteiger partial charge on any atom is -0.496 e. The van der Waals surface area contributed by atoms with Crippen LogP contribution >= 0.6 is 23.2 Å². The van der Waals surface area contributed by atoms with E-state index in [0.29, 0.717) is 12.1 Å². The summed E-state index contributed by atoms with van der Waals surface area (Å²) in [6.07, 6.45) is -6.46. The highest BCUT2D eigenvalue weighted by atomic mass is 35.5. The van der Waals surface area contributed by atoms with E-state index >= 15 is 0 Å². The van der Waals surface area contributed by atoms with Crippen molar-refractivity contribution in [1.29, 1.82) is 0 Å². The summed E-state index contributed by atoms with van der Waals surface area (Å²) in [6.45, 7) is 2.40. The topological polar surface area (TPSA) is 243 Å². The maximum absolute atomic E-state index is 13.4. The minimum absolute atomic E-state index is 0.00228. The van der Waals surface area contributed by atoms with E-state index in [4.69, 9.17) is 38.4 Å². The summed E-state index contributed by atoms with van der Waals surface area (Å²) < 4.78 is 171. The van der Waals surface area contributed by atoms with Crippen LogP contribution in [0.1, 0.15) is 54.4 Å². The van der Waals surface area contributed by atoms with Crippen LogP contribution in [0.15, 0.2) is 107 Å². The molecule has 0 saturated carbocycles. The molecule has 2 aromatic heterocycles. The third-order valence-electron chi connectivity index (χ3n) is 9.49. The lowest BCUT2D eigenvalue weighted by molar-refractivity contribution is -0.139. The third kappa shape index (κ3) is 13.1. The van der Waals surface area contributed by atoms with E-state index in [-0.39, 0.29) is 66.6 Å². The SMILES string of the molecule is COc1ccc(N)cc1C(=O)c1ncc(Cl)cc1NS(=O)(=O)c1ccc(C)c(C(F)(F)F)c1.COc1ccc(NS(C)(=O)=O)cc1C(=O)c1ncc(Cl)cc1NS(=O)(=O)c1ccc(C)c(C(F)(F)F)c1. The first kappa shape index (κ1) is 54.3. The average Bonchev–Trinajstić information content (AvgIpc) is 3.25. The van der Waals surface area contributed by atoms with Crippen molar-refractivity contribution >= 4 is 87.6 Å². The number of benzene rings is 4. The van der Waals surface area contributed by atoms with Crippen molar-refractivity contribution in [3.63, 3.8) is 0 Å². The Hall–Kier alpha value is -6.67. The van der Waals surface area contributed by atoms with E-state index < -0.39 is 86.3 Å². The van der Waals surface area contributed by atoms with Gasteiger partial charge in [0.2, 0.25) is 21.6 Å². The Bertz CT molecular complexity index is 3380. The second-order valence-electron chi connectivity index (χ2n) is 14.7. The number of halogens is 8. The fourth-order valence-electron chi connectivity index (χ4n) is 6.27. The van der Waals surface area contributed by atoms with Crippen molar-refractivity contribution in [2.75, 3.05) is 40.4 Å². The molecule has 0 spiro atoms. The normalized spacial score (nSPS) is 12.0. The van der Waals surface area contributed by atoms with Crippen LogP contribution in [0.25, 0.3) is 0 Å². The van der Waals surface area contributed by atoms with Gasteiger partial charge in [-0.15, -0.1) is 0 Å². The number of methoxy groups -OCH3 is 2. The van der Waals surface area contributed by atoms with Gasteiger partial charge < -0.3 is 15.2 Å². The van der Waals surface area contributed by atoms with E-state index in [2.05, 4.69) is 24.1 Å². The van der Waals surface area contributed by atoms with Crippen molar-refractivity contribution in [1.82, 2.24) is 9.97 Å². The lowest BCUT2D eigenvalue weighted by atomic mass is 10.0. The number of rotatable bonds is 14. The average molecular weight is 1080 g/mol. The van der Waals surface area contributed by atoms with Crippen molar-refractivity contribution in [3.05, 3.63) is 152 Å². The number of carbonyl (C=O) groups is 2.